The number of phenolic OH excluding ortho intramolecular Hbond substituents is 1. The van der Waals surface area contributed by atoms with Crippen molar-refractivity contribution >= 4 is 27.2 Å². The summed E-state index contributed by atoms with van der Waals surface area (Å²) in [4.78, 5) is 19.9. The molecule has 242 valence electrons. The molecule has 2 saturated heterocycles. The maximum Gasteiger partial charge on any atom is 0.195 e. The van der Waals surface area contributed by atoms with Crippen molar-refractivity contribution in [1.82, 2.24) is 9.80 Å². The van der Waals surface area contributed by atoms with Gasteiger partial charge in [0.05, 0.1) is 0 Å². The monoisotopic (exact) mass is 642 g/mol. The highest BCUT2D eigenvalue weighted by atomic mass is 32.1. The van der Waals surface area contributed by atoms with Crippen molar-refractivity contribution in [1.29, 1.82) is 0 Å². The molecule has 1 N–H and O–H groups in total. The number of rotatable bonds is 10. The Labute approximate surface area is 274 Å². The van der Waals surface area contributed by atoms with Gasteiger partial charge >= 0.3 is 0 Å². The molecular weight excluding hydrogens is 599 g/mol. The van der Waals surface area contributed by atoms with Gasteiger partial charge in [-0.05, 0) is 137 Å². The molecule has 7 rings (SSSR count). The van der Waals surface area contributed by atoms with Gasteiger partial charge in [0.25, 0.3) is 0 Å². The van der Waals surface area contributed by atoms with Crippen LogP contribution in [0.15, 0.2) is 60.7 Å². The van der Waals surface area contributed by atoms with E-state index >= 15 is 4.39 Å². The first kappa shape index (κ1) is 31.2. The Bertz CT molecular complexity index is 1660. The minimum Gasteiger partial charge on any atom is -0.508 e. The zero-order valence-corrected chi connectivity index (χ0v) is 27.2. The van der Waals surface area contributed by atoms with Gasteiger partial charge in [-0.25, -0.2) is 4.39 Å². The van der Waals surface area contributed by atoms with Crippen molar-refractivity contribution in [3.05, 3.63) is 77.6 Å². The van der Waals surface area contributed by atoms with E-state index in [1.165, 1.54) is 55.9 Å². The van der Waals surface area contributed by atoms with Crippen LogP contribution in [0, 0.1) is 5.82 Å². The molecule has 2 aliphatic heterocycles. The highest BCUT2D eigenvalue weighted by Crippen LogP contribution is 2.42. The number of carbonyl (C=O) groups excluding carboxylic acids is 1. The SMILES string of the molecule is O=C(c1ccc(OC2CCCCC2N2CCCCC2)c(F)c1)c1c(-c2ccc(OCCN3CCCC3)cc2)sc2cc(O)ccc12. The third kappa shape index (κ3) is 6.80. The fourth-order valence-electron chi connectivity index (χ4n) is 7.44. The molecule has 1 saturated carbocycles. The Morgan fingerprint density at radius 2 is 1.63 bits per heavy atom. The summed E-state index contributed by atoms with van der Waals surface area (Å²) in [6.07, 6.45) is 10.4. The Kier molecular flexibility index (Phi) is 9.56. The molecule has 4 aromatic rings. The number of halogens is 1. The molecule has 0 radical (unpaired) electrons. The van der Waals surface area contributed by atoms with E-state index < -0.39 is 5.82 Å². The molecule has 0 spiro atoms. The molecule has 6 nitrogen and oxygen atoms in total. The fraction of sp³-hybridized carbons (Fsp3) is 0.447. The topological polar surface area (TPSA) is 62.2 Å². The van der Waals surface area contributed by atoms with E-state index in [1.807, 2.05) is 24.3 Å². The number of carbonyl (C=O) groups is 1. The van der Waals surface area contributed by atoms with Gasteiger partial charge in [-0.15, -0.1) is 11.3 Å². The molecule has 0 amide bonds. The predicted molar refractivity (Wildman–Crippen MR) is 182 cm³/mol. The van der Waals surface area contributed by atoms with E-state index in [-0.39, 0.29) is 28.9 Å². The number of ether oxygens (including phenoxy) is 2. The summed E-state index contributed by atoms with van der Waals surface area (Å²) >= 11 is 1.45. The third-order valence-corrected chi connectivity index (χ3v) is 11.1. The molecule has 8 heteroatoms. The molecular formula is C38H43FN2O4S. The summed E-state index contributed by atoms with van der Waals surface area (Å²) in [7, 11) is 0. The number of hydrogen-bond donors (Lipinski definition) is 1. The van der Waals surface area contributed by atoms with Crippen LogP contribution in [-0.4, -0.2) is 72.2 Å². The quantitative estimate of drug-likeness (QED) is 0.176. The van der Waals surface area contributed by atoms with Gasteiger partial charge in [-0.2, -0.15) is 0 Å². The van der Waals surface area contributed by atoms with Gasteiger partial charge in [0.1, 0.15) is 24.2 Å². The number of phenols is 1. The van der Waals surface area contributed by atoms with Crippen LogP contribution in [0.25, 0.3) is 20.5 Å². The van der Waals surface area contributed by atoms with Crippen LogP contribution in [0.4, 0.5) is 4.39 Å². The van der Waals surface area contributed by atoms with Crippen LogP contribution in [-0.2, 0) is 0 Å². The van der Waals surface area contributed by atoms with E-state index in [9.17, 15) is 9.90 Å². The lowest BCUT2D eigenvalue weighted by Gasteiger charge is -2.41. The molecule has 3 heterocycles. The van der Waals surface area contributed by atoms with Crippen LogP contribution in [0.1, 0.15) is 73.7 Å². The van der Waals surface area contributed by atoms with Gasteiger partial charge in [-0.3, -0.25) is 14.6 Å². The third-order valence-electron chi connectivity index (χ3n) is 9.89. The van der Waals surface area contributed by atoms with Crippen molar-refractivity contribution in [3.8, 4) is 27.7 Å². The molecule has 0 bridgehead atoms. The molecule has 2 atom stereocenters. The zero-order chi connectivity index (χ0) is 31.5. The van der Waals surface area contributed by atoms with Crippen LogP contribution >= 0.6 is 11.3 Å². The van der Waals surface area contributed by atoms with Crippen LogP contribution < -0.4 is 9.47 Å². The second-order valence-corrected chi connectivity index (χ2v) is 14.0. The first-order valence-corrected chi connectivity index (χ1v) is 17.8. The normalized spacial score (nSPS) is 21.1. The van der Waals surface area contributed by atoms with Gasteiger partial charge in [-0.1, -0.05) is 12.8 Å². The lowest BCUT2D eigenvalue weighted by atomic mass is 9.90. The number of benzene rings is 3. The average Bonchev–Trinajstić information content (AvgIpc) is 3.74. The first-order valence-electron chi connectivity index (χ1n) is 17.0. The minimum absolute atomic E-state index is 0.0461. The second-order valence-electron chi connectivity index (χ2n) is 13.0. The van der Waals surface area contributed by atoms with Crippen molar-refractivity contribution in [3.63, 3.8) is 0 Å². The number of thiophene rings is 1. The van der Waals surface area contributed by atoms with E-state index in [2.05, 4.69) is 9.80 Å². The Morgan fingerprint density at radius 3 is 2.41 bits per heavy atom. The molecule has 3 aliphatic rings. The smallest absolute Gasteiger partial charge is 0.195 e. The Hall–Kier alpha value is -3.46. The van der Waals surface area contributed by atoms with Gasteiger partial charge in [0, 0.05) is 38.7 Å². The van der Waals surface area contributed by atoms with Gasteiger partial charge in [0.15, 0.2) is 17.3 Å². The van der Waals surface area contributed by atoms with Crippen molar-refractivity contribution in [2.24, 2.45) is 0 Å². The Morgan fingerprint density at radius 1 is 0.870 bits per heavy atom. The number of ketones is 1. The number of nitrogens with zero attached hydrogens (tertiary/aromatic N) is 2. The van der Waals surface area contributed by atoms with Crippen molar-refractivity contribution in [2.75, 3.05) is 39.3 Å². The lowest BCUT2D eigenvalue weighted by molar-refractivity contribution is 0.0242. The summed E-state index contributed by atoms with van der Waals surface area (Å²) in [6.45, 7) is 6.00. The van der Waals surface area contributed by atoms with E-state index in [0.29, 0.717) is 18.2 Å². The highest BCUT2D eigenvalue weighted by molar-refractivity contribution is 7.22. The first-order chi connectivity index (χ1) is 22.5. The highest BCUT2D eigenvalue weighted by Gasteiger charge is 2.33. The number of fused-ring (bicyclic) bond motifs is 1. The number of aromatic hydroxyl groups is 1. The van der Waals surface area contributed by atoms with E-state index in [4.69, 9.17) is 9.47 Å². The molecule has 46 heavy (non-hydrogen) atoms. The minimum atomic E-state index is -0.511. The standard InChI is InChI=1S/C38H43FN2O4S/c39-31-24-27(12-17-33(31)45-34-9-3-2-8-32(34)41-20-4-1-5-21-41)37(43)36-30-16-13-28(42)25-35(30)46-38(36)26-10-14-29(15-11-26)44-23-22-40-18-6-7-19-40/h10-17,24-25,32,34,42H,1-9,18-23H2. The summed E-state index contributed by atoms with van der Waals surface area (Å²) in [5.74, 6) is 0.369. The van der Waals surface area contributed by atoms with Crippen molar-refractivity contribution < 1.29 is 23.8 Å². The van der Waals surface area contributed by atoms with Crippen LogP contribution in [0.5, 0.6) is 17.2 Å². The molecule has 2 unspecified atom stereocenters. The van der Waals surface area contributed by atoms with Gasteiger partial charge in [0.2, 0.25) is 0 Å². The number of likely N-dealkylation sites (tertiary alicyclic amines) is 2. The molecule has 3 fully saturated rings. The second kappa shape index (κ2) is 14.1. The Balaban J connectivity index is 1.12. The molecule has 1 aliphatic carbocycles. The predicted octanol–water partition coefficient (Wildman–Crippen LogP) is 8.29. The van der Waals surface area contributed by atoms with Crippen LogP contribution in [0.2, 0.25) is 0 Å². The maximum absolute atomic E-state index is 15.7. The summed E-state index contributed by atoms with van der Waals surface area (Å²) in [5, 5.41) is 10.9. The molecule has 1 aromatic heterocycles. The molecule has 3 aromatic carbocycles. The average molecular weight is 643 g/mol. The van der Waals surface area contributed by atoms with E-state index in [0.717, 1.165) is 78.3 Å². The number of piperidine rings is 1. The van der Waals surface area contributed by atoms with E-state index in [1.54, 1.807) is 30.3 Å². The summed E-state index contributed by atoms with van der Waals surface area (Å²) < 4.78 is 28.8. The van der Waals surface area contributed by atoms with Crippen LogP contribution in [0.3, 0.4) is 0 Å². The van der Waals surface area contributed by atoms with Crippen molar-refractivity contribution in [2.45, 2.75) is 69.9 Å². The summed E-state index contributed by atoms with van der Waals surface area (Å²) in [5.41, 5.74) is 1.66. The summed E-state index contributed by atoms with van der Waals surface area (Å²) in [6, 6.07) is 17.8. The fourth-order valence-corrected chi connectivity index (χ4v) is 8.68. The largest absolute Gasteiger partial charge is 0.508 e. The maximum atomic E-state index is 15.7. The number of hydrogen-bond acceptors (Lipinski definition) is 7. The zero-order valence-electron chi connectivity index (χ0n) is 26.4. The lowest BCUT2D eigenvalue weighted by Crippen LogP contribution is -2.49. The van der Waals surface area contributed by atoms with Gasteiger partial charge < -0.3 is 14.6 Å².